The van der Waals surface area contributed by atoms with Gasteiger partial charge in [0.05, 0.1) is 32.0 Å². The zero-order valence-corrected chi connectivity index (χ0v) is 37.2. The summed E-state index contributed by atoms with van der Waals surface area (Å²) in [6.45, 7) is 0.963. The number of nitrogens with two attached hydrogens (primary N) is 3. The normalized spacial score (nSPS) is 15.6. The monoisotopic (exact) mass is 951 g/mol. The van der Waals surface area contributed by atoms with E-state index in [2.05, 4.69) is 36.9 Å². The third-order valence-corrected chi connectivity index (χ3v) is 10.2. The Morgan fingerprint density at radius 1 is 0.721 bits per heavy atom. The van der Waals surface area contributed by atoms with Gasteiger partial charge in [-0.05, 0) is 37.0 Å². The van der Waals surface area contributed by atoms with Gasteiger partial charge in [0.15, 0.2) is 0 Å². The highest BCUT2D eigenvalue weighted by Crippen LogP contribution is 2.20. The summed E-state index contributed by atoms with van der Waals surface area (Å²) >= 11 is 0. The molecular weight excluding hydrogens is 895 g/mol. The first-order chi connectivity index (χ1) is 32.1. The fraction of sp³-hybridized carbons (Fsp3) is 0.419. The van der Waals surface area contributed by atoms with E-state index in [1.165, 1.54) is 6.92 Å². The first-order valence-corrected chi connectivity index (χ1v) is 21.1. The van der Waals surface area contributed by atoms with Gasteiger partial charge in [0.25, 0.3) is 5.97 Å². The first kappa shape index (κ1) is 54.4. The standard InChI is InChI=1S/C41H53N11O12.C2H4O2/c1-21(47-40(63)31-12-7-13-52(31)41(64)25(42)16-34(56)57)35(58)48-27(14-22-8-3-2-4-9-22)37(60)50-29(17-32(43)54)38(61)51-30(20-53)39(62)49-28(36(59)46-19-33(44)55)15-23-18-45-26-11-6-5-10-24(23)26;1-2(3)4/h2-6,8-11,18,21,25,27-31,45,53H,7,12-17,19-20,42H2,1H3,(H2,43,54)(H2,44,55)(H,46,59)(H,47,63)(H,48,58)(H,49,62)(H,50,60)(H,51,61)(H,56,57);1H3,(H,3,4)/t21-,25-,27-,28-,29-,30-,31-;/m0./s1. The van der Waals surface area contributed by atoms with E-state index < -0.39 is 133 Å². The molecule has 2 heterocycles. The Morgan fingerprint density at radius 2 is 1.28 bits per heavy atom. The molecule has 9 amide bonds. The lowest BCUT2D eigenvalue weighted by Crippen LogP contribution is -2.61. The maximum absolute atomic E-state index is 13.9. The summed E-state index contributed by atoms with van der Waals surface area (Å²) < 4.78 is 0. The van der Waals surface area contributed by atoms with E-state index in [9.17, 15) is 53.1 Å². The second kappa shape index (κ2) is 26.3. The van der Waals surface area contributed by atoms with Crippen molar-refractivity contribution in [2.24, 2.45) is 17.2 Å². The van der Waals surface area contributed by atoms with Gasteiger partial charge < -0.3 is 74.3 Å². The number of rotatable bonds is 23. The van der Waals surface area contributed by atoms with Crippen LogP contribution in [0.5, 0.6) is 0 Å². The molecule has 7 atom stereocenters. The molecule has 25 heteroatoms. The number of likely N-dealkylation sites (tertiary alicyclic amines) is 1. The average Bonchev–Trinajstić information content (AvgIpc) is 3.94. The molecule has 1 aromatic heterocycles. The molecule has 0 bridgehead atoms. The van der Waals surface area contributed by atoms with Crippen LogP contribution in [0.4, 0.5) is 0 Å². The van der Waals surface area contributed by atoms with Crippen LogP contribution in [0, 0.1) is 0 Å². The number of nitrogens with zero attached hydrogens (tertiary/aromatic N) is 1. The predicted octanol–water partition coefficient (Wildman–Crippen LogP) is -4.25. The lowest BCUT2D eigenvalue weighted by Gasteiger charge is -2.28. The molecule has 4 rings (SSSR count). The number of primary amides is 2. The van der Waals surface area contributed by atoms with Gasteiger partial charge in [-0.3, -0.25) is 52.7 Å². The van der Waals surface area contributed by atoms with Crippen molar-refractivity contribution in [3.8, 4) is 0 Å². The number of H-pyrrole nitrogens is 1. The number of carbonyl (C=O) groups is 11. The van der Waals surface area contributed by atoms with Gasteiger partial charge in [0, 0.05) is 43.4 Å². The number of aliphatic carboxylic acids is 2. The first-order valence-electron chi connectivity index (χ1n) is 21.1. The van der Waals surface area contributed by atoms with Crippen molar-refractivity contribution in [1.29, 1.82) is 0 Å². The maximum Gasteiger partial charge on any atom is 0.305 e. The van der Waals surface area contributed by atoms with Crippen molar-refractivity contribution in [3.05, 3.63) is 71.9 Å². The molecule has 16 N–H and O–H groups in total. The Morgan fingerprint density at radius 3 is 1.90 bits per heavy atom. The molecular formula is C43H57N11O14. The highest BCUT2D eigenvalue weighted by atomic mass is 16.4. The second-order valence-corrected chi connectivity index (χ2v) is 15.7. The molecule has 1 aliphatic heterocycles. The van der Waals surface area contributed by atoms with Crippen LogP contribution < -0.4 is 49.1 Å². The number of carboxylic acids is 2. The molecule has 0 saturated carbocycles. The van der Waals surface area contributed by atoms with Crippen LogP contribution in [-0.4, -0.2) is 152 Å². The summed E-state index contributed by atoms with van der Waals surface area (Å²) in [5.74, 6) is -10.4. The minimum Gasteiger partial charge on any atom is -0.481 e. The maximum atomic E-state index is 13.9. The summed E-state index contributed by atoms with van der Waals surface area (Å²) in [6.07, 6.45) is 0.525. The van der Waals surface area contributed by atoms with Gasteiger partial charge in [-0.2, -0.15) is 0 Å². The summed E-state index contributed by atoms with van der Waals surface area (Å²) in [5.41, 5.74) is 18.2. The zero-order chi connectivity index (χ0) is 50.7. The third-order valence-electron chi connectivity index (χ3n) is 10.2. The Balaban J connectivity index is 0.00000294. The summed E-state index contributed by atoms with van der Waals surface area (Å²) in [7, 11) is 0. The van der Waals surface area contributed by atoms with Gasteiger partial charge in [0.1, 0.15) is 36.3 Å². The van der Waals surface area contributed by atoms with Crippen LogP contribution in [-0.2, 0) is 65.6 Å². The van der Waals surface area contributed by atoms with Crippen LogP contribution in [0.2, 0.25) is 0 Å². The van der Waals surface area contributed by atoms with Gasteiger partial charge in [-0.1, -0.05) is 48.5 Å². The van der Waals surface area contributed by atoms with Crippen LogP contribution >= 0.6 is 0 Å². The molecule has 368 valence electrons. The quantitative estimate of drug-likeness (QED) is 0.0428. The number of hydrogen-bond donors (Lipinski definition) is 13. The molecule has 68 heavy (non-hydrogen) atoms. The van der Waals surface area contributed by atoms with E-state index in [1.807, 2.05) is 0 Å². The van der Waals surface area contributed by atoms with E-state index >= 15 is 0 Å². The van der Waals surface area contributed by atoms with Crippen LogP contribution in [0.1, 0.15) is 50.7 Å². The van der Waals surface area contributed by atoms with Crippen LogP contribution in [0.3, 0.4) is 0 Å². The predicted molar refractivity (Wildman–Crippen MR) is 239 cm³/mol. The molecule has 25 nitrogen and oxygen atoms in total. The molecule has 1 saturated heterocycles. The van der Waals surface area contributed by atoms with Crippen molar-refractivity contribution in [1.82, 2.24) is 41.8 Å². The number of aliphatic hydroxyl groups excluding tert-OH is 1. The van der Waals surface area contributed by atoms with Gasteiger partial charge in [-0.15, -0.1) is 0 Å². The number of aliphatic hydroxyl groups is 1. The Kier molecular flexibility index (Phi) is 21.0. The van der Waals surface area contributed by atoms with Gasteiger partial charge in [0.2, 0.25) is 53.2 Å². The number of amides is 9. The molecule has 1 fully saturated rings. The summed E-state index contributed by atoms with van der Waals surface area (Å²) in [5, 5.41) is 41.8. The Hall–Kier alpha value is -7.93. The average molecular weight is 952 g/mol. The topological polar surface area (TPSA) is 418 Å². The lowest BCUT2D eigenvalue weighted by molar-refractivity contribution is -0.144. The van der Waals surface area contributed by atoms with E-state index in [-0.39, 0.29) is 25.8 Å². The van der Waals surface area contributed by atoms with E-state index in [0.717, 1.165) is 22.7 Å². The van der Waals surface area contributed by atoms with Crippen molar-refractivity contribution in [3.63, 3.8) is 0 Å². The highest BCUT2D eigenvalue weighted by Gasteiger charge is 2.38. The number of aromatic nitrogens is 1. The van der Waals surface area contributed by atoms with Gasteiger partial charge >= 0.3 is 5.97 Å². The molecule has 0 unspecified atom stereocenters. The molecule has 0 aliphatic carbocycles. The number of carboxylic acid groups (broad SMARTS) is 2. The minimum absolute atomic E-state index is 0.106. The lowest BCUT2D eigenvalue weighted by atomic mass is 10.0. The number of fused-ring (bicyclic) bond motifs is 1. The van der Waals surface area contributed by atoms with E-state index in [1.54, 1.807) is 60.8 Å². The smallest absolute Gasteiger partial charge is 0.305 e. The zero-order valence-electron chi connectivity index (χ0n) is 37.2. The van der Waals surface area contributed by atoms with Crippen molar-refractivity contribution < 1.29 is 68.1 Å². The number of aromatic amines is 1. The second-order valence-electron chi connectivity index (χ2n) is 15.7. The van der Waals surface area contributed by atoms with E-state index in [4.69, 9.17) is 32.2 Å². The van der Waals surface area contributed by atoms with Crippen molar-refractivity contribution >= 4 is 76.0 Å². The van der Waals surface area contributed by atoms with Gasteiger partial charge in [-0.25, -0.2) is 0 Å². The SMILES string of the molecule is CC(=O)O.C[C@H](NC(=O)[C@@H]1CCCN1C(=O)[C@@H](N)CC(=O)O)C(=O)N[C@@H](Cc1ccccc1)C(=O)N[C@@H](CC(N)=O)C(=O)N[C@@H](CO)C(=O)N[C@@H](Cc1c[nH]c2ccccc12)C(=O)NCC(N)=O. The third kappa shape index (κ3) is 17.1. The Labute approximate surface area is 388 Å². The molecule has 3 aromatic rings. The van der Waals surface area contributed by atoms with Crippen LogP contribution in [0.15, 0.2) is 60.8 Å². The van der Waals surface area contributed by atoms with Crippen LogP contribution in [0.25, 0.3) is 10.9 Å². The minimum atomic E-state index is -1.77. The fourth-order valence-corrected chi connectivity index (χ4v) is 6.97. The number of hydrogen-bond acceptors (Lipinski definition) is 13. The van der Waals surface area contributed by atoms with Crippen molar-refractivity contribution in [2.75, 3.05) is 19.7 Å². The number of benzene rings is 2. The summed E-state index contributed by atoms with van der Waals surface area (Å²) in [6, 6.07) is 5.41. The largest absolute Gasteiger partial charge is 0.481 e. The highest BCUT2D eigenvalue weighted by molar-refractivity contribution is 5.99. The summed E-state index contributed by atoms with van der Waals surface area (Å²) in [4.78, 5) is 142. The van der Waals surface area contributed by atoms with Crippen molar-refractivity contribution in [2.45, 2.75) is 94.7 Å². The molecule has 1 aliphatic rings. The molecule has 2 aromatic carbocycles. The molecule has 0 spiro atoms. The number of carbonyl (C=O) groups excluding carboxylic acids is 9. The van der Waals surface area contributed by atoms with E-state index in [0.29, 0.717) is 17.5 Å². The number of nitrogens with one attached hydrogen (secondary N) is 7. The fourth-order valence-electron chi connectivity index (χ4n) is 6.97. The molecule has 0 radical (unpaired) electrons. The Bertz CT molecular complexity index is 2320. The number of para-hydroxylation sites is 1.